The third-order valence-corrected chi connectivity index (χ3v) is 5.13. The van der Waals surface area contributed by atoms with Gasteiger partial charge < -0.3 is 10.6 Å². The van der Waals surface area contributed by atoms with E-state index in [9.17, 15) is 23.2 Å². The van der Waals surface area contributed by atoms with Crippen LogP contribution in [0.1, 0.15) is 12.5 Å². The zero-order valence-electron chi connectivity index (χ0n) is 15.9. The molecule has 8 heteroatoms. The Morgan fingerprint density at radius 1 is 1.00 bits per heavy atom. The topological polar surface area (TPSA) is 78.5 Å². The van der Waals surface area contributed by atoms with Crippen molar-refractivity contribution in [1.29, 1.82) is 0 Å². The van der Waals surface area contributed by atoms with Crippen LogP contribution in [0.3, 0.4) is 0 Å². The van der Waals surface area contributed by atoms with Gasteiger partial charge in [0.05, 0.1) is 0 Å². The van der Waals surface area contributed by atoms with Crippen molar-refractivity contribution in [1.82, 2.24) is 10.2 Å². The van der Waals surface area contributed by atoms with Crippen molar-refractivity contribution >= 4 is 34.3 Å². The van der Waals surface area contributed by atoms with Gasteiger partial charge in [0.25, 0.3) is 5.91 Å². The summed E-state index contributed by atoms with van der Waals surface area (Å²) in [6.07, 6.45) is 0. The molecular weight excluding hydrogens is 392 g/mol. The molecule has 6 nitrogen and oxygen atoms in total. The van der Waals surface area contributed by atoms with Gasteiger partial charge in [-0.3, -0.25) is 14.5 Å². The first kappa shape index (κ1) is 19.5. The number of fused-ring (bicyclic) bond motifs is 1. The molecular formula is C22H17F2N3O3. The number of rotatable bonds is 4. The van der Waals surface area contributed by atoms with Crippen molar-refractivity contribution in [3.05, 3.63) is 77.9 Å². The van der Waals surface area contributed by atoms with E-state index in [1.165, 1.54) is 0 Å². The maximum Gasteiger partial charge on any atom is 0.325 e. The third-order valence-electron chi connectivity index (χ3n) is 5.13. The number of hydrogen-bond acceptors (Lipinski definition) is 3. The van der Waals surface area contributed by atoms with Gasteiger partial charge in [0, 0.05) is 0 Å². The van der Waals surface area contributed by atoms with Gasteiger partial charge in [-0.15, -0.1) is 0 Å². The molecule has 1 atom stereocenters. The van der Waals surface area contributed by atoms with Gasteiger partial charge in [-0.05, 0) is 35.4 Å². The van der Waals surface area contributed by atoms with Crippen LogP contribution in [0.25, 0.3) is 10.8 Å². The number of carbonyl (C=O) groups excluding carboxylic acids is 3. The first-order chi connectivity index (χ1) is 14.3. The molecule has 4 rings (SSSR count). The Hall–Kier alpha value is -3.81. The number of nitrogens with one attached hydrogen (secondary N) is 2. The SMILES string of the molecule is C[C@@]1(c2cccc3ccccc23)NC(=O)N(CC(=O)Nc2c(F)cccc2F)C1=O. The van der Waals surface area contributed by atoms with Crippen LogP contribution in [0.4, 0.5) is 19.3 Å². The van der Waals surface area contributed by atoms with Gasteiger partial charge in [0.1, 0.15) is 29.4 Å². The molecule has 1 fully saturated rings. The summed E-state index contributed by atoms with van der Waals surface area (Å²) in [6, 6.07) is 15.2. The number of anilines is 1. The van der Waals surface area contributed by atoms with Crippen LogP contribution in [0.5, 0.6) is 0 Å². The first-order valence-electron chi connectivity index (χ1n) is 9.17. The van der Waals surface area contributed by atoms with Crippen LogP contribution in [0.2, 0.25) is 0 Å². The number of imide groups is 1. The van der Waals surface area contributed by atoms with E-state index in [0.717, 1.165) is 33.9 Å². The number of benzene rings is 3. The largest absolute Gasteiger partial charge is 0.325 e. The van der Waals surface area contributed by atoms with Crippen molar-refractivity contribution in [2.45, 2.75) is 12.5 Å². The van der Waals surface area contributed by atoms with Gasteiger partial charge in [0.2, 0.25) is 5.91 Å². The van der Waals surface area contributed by atoms with E-state index in [1.54, 1.807) is 19.1 Å². The number of carbonyl (C=O) groups is 3. The second-order valence-electron chi connectivity index (χ2n) is 7.12. The lowest BCUT2D eigenvalue weighted by Crippen LogP contribution is -2.42. The van der Waals surface area contributed by atoms with Crippen LogP contribution in [0.15, 0.2) is 60.7 Å². The molecule has 0 spiro atoms. The Morgan fingerprint density at radius 3 is 2.37 bits per heavy atom. The van der Waals surface area contributed by atoms with E-state index >= 15 is 0 Å². The highest BCUT2D eigenvalue weighted by Gasteiger charge is 2.50. The van der Waals surface area contributed by atoms with E-state index in [-0.39, 0.29) is 0 Å². The average Bonchev–Trinajstić information content (AvgIpc) is 2.94. The van der Waals surface area contributed by atoms with Crippen LogP contribution in [-0.4, -0.2) is 29.3 Å². The maximum atomic E-state index is 13.8. The van der Waals surface area contributed by atoms with E-state index in [2.05, 4.69) is 10.6 Å². The molecule has 0 saturated carbocycles. The lowest BCUT2D eigenvalue weighted by atomic mass is 9.88. The third kappa shape index (κ3) is 3.16. The van der Waals surface area contributed by atoms with Gasteiger partial charge in [-0.1, -0.05) is 48.5 Å². The minimum atomic E-state index is -1.39. The molecule has 3 aromatic rings. The highest BCUT2D eigenvalue weighted by molar-refractivity contribution is 6.11. The standard InChI is InChI=1S/C22H17F2N3O3/c1-22(15-9-4-7-13-6-2-3-8-14(13)15)20(29)27(21(30)26-22)12-18(28)25-19-16(23)10-5-11-17(19)24/h2-11H,12H2,1H3,(H,25,28)(H,26,30)/t22-/m0/s1. The molecule has 0 aliphatic carbocycles. The van der Waals surface area contributed by atoms with E-state index in [4.69, 9.17) is 0 Å². The van der Waals surface area contributed by atoms with Crippen LogP contribution in [-0.2, 0) is 15.1 Å². The van der Waals surface area contributed by atoms with Crippen molar-refractivity contribution in [2.24, 2.45) is 0 Å². The molecule has 0 bridgehead atoms. The van der Waals surface area contributed by atoms with Gasteiger partial charge >= 0.3 is 6.03 Å². The van der Waals surface area contributed by atoms with Gasteiger partial charge in [0.15, 0.2) is 0 Å². The number of hydrogen-bond donors (Lipinski definition) is 2. The molecule has 30 heavy (non-hydrogen) atoms. The van der Waals surface area contributed by atoms with Crippen LogP contribution in [0, 0.1) is 11.6 Å². The molecule has 4 amide bonds. The molecule has 0 aromatic heterocycles. The number of nitrogens with zero attached hydrogens (tertiary/aromatic N) is 1. The highest BCUT2D eigenvalue weighted by Crippen LogP contribution is 2.33. The van der Waals surface area contributed by atoms with Crippen LogP contribution >= 0.6 is 0 Å². The summed E-state index contributed by atoms with van der Waals surface area (Å²) in [6.45, 7) is 0.877. The smallest absolute Gasteiger partial charge is 0.320 e. The minimum Gasteiger partial charge on any atom is -0.320 e. The highest BCUT2D eigenvalue weighted by atomic mass is 19.1. The van der Waals surface area contributed by atoms with Crippen molar-refractivity contribution in [3.63, 3.8) is 0 Å². The fourth-order valence-electron chi connectivity index (χ4n) is 3.62. The lowest BCUT2D eigenvalue weighted by molar-refractivity contribution is -0.133. The monoisotopic (exact) mass is 409 g/mol. The van der Waals surface area contributed by atoms with E-state index < -0.39 is 47.3 Å². The summed E-state index contributed by atoms with van der Waals surface area (Å²) in [5, 5.41) is 6.40. The molecule has 1 aliphatic rings. The molecule has 1 aliphatic heterocycles. The number of urea groups is 1. The van der Waals surface area contributed by atoms with Crippen molar-refractivity contribution in [2.75, 3.05) is 11.9 Å². The first-order valence-corrected chi connectivity index (χ1v) is 9.17. The van der Waals surface area contributed by atoms with Crippen molar-refractivity contribution in [3.8, 4) is 0 Å². The second kappa shape index (κ2) is 7.22. The quantitative estimate of drug-likeness (QED) is 0.647. The number of para-hydroxylation sites is 1. The van der Waals surface area contributed by atoms with E-state index in [0.29, 0.717) is 5.56 Å². The molecule has 0 unspecified atom stereocenters. The minimum absolute atomic E-state index is 0.585. The summed E-state index contributed by atoms with van der Waals surface area (Å²) in [7, 11) is 0. The Bertz CT molecular complexity index is 1170. The summed E-state index contributed by atoms with van der Waals surface area (Å²) in [5.41, 5.74) is -1.44. The fourth-order valence-corrected chi connectivity index (χ4v) is 3.62. The summed E-state index contributed by atoms with van der Waals surface area (Å²) in [5.74, 6) is -3.44. The Morgan fingerprint density at radius 2 is 1.63 bits per heavy atom. The summed E-state index contributed by atoms with van der Waals surface area (Å²) in [4.78, 5) is 38.7. The normalized spacial score (nSPS) is 18.6. The molecule has 0 radical (unpaired) electrons. The summed E-state index contributed by atoms with van der Waals surface area (Å²) >= 11 is 0. The zero-order chi connectivity index (χ0) is 21.5. The predicted molar refractivity (Wildman–Crippen MR) is 107 cm³/mol. The van der Waals surface area contributed by atoms with Gasteiger partial charge in [-0.25, -0.2) is 13.6 Å². The Labute approximate surface area is 170 Å². The molecule has 2 N–H and O–H groups in total. The summed E-state index contributed by atoms with van der Waals surface area (Å²) < 4.78 is 27.5. The van der Waals surface area contributed by atoms with Crippen LogP contribution < -0.4 is 10.6 Å². The predicted octanol–water partition coefficient (Wildman–Crippen LogP) is 3.52. The zero-order valence-corrected chi connectivity index (χ0v) is 15.9. The maximum absolute atomic E-state index is 13.8. The second-order valence-corrected chi connectivity index (χ2v) is 7.12. The number of amides is 4. The molecule has 1 heterocycles. The lowest BCUT2D eigenvalue weighted by Gasteiger charge is -2.24. The van der Waals surface area contributed by atoms with E-state index in [1.807, 2.05) is 30.3 Å². The molecule has 3 aromatic carbocycles. The Balaban J connectivity index is 1.60. The van der Waals surface area contributed by atoms with Crippen molar-refractivity contribution < 1.29 is 23.2 Å². The average molecular weight is 409 g/mol. The molecule has 1 saturated heterocycles. The number of halogens is 2. The molecule has 152 valence electrons. The van der Waals surface area contributed by atoms with Gasteiger partial charge in [-0.2, -0.15) is 0 Å². The Kier molecular flexibility index (Phi) is 4.69. The fraction of sp³-hybridized carbons (Fsp3) is 0.136.